The van der Waals surface area contributed by atoms with Crippen LogP contribution in [0.3, 0.4) is 0 Å². The molecule has 0 spiro atoms. The molecule has 5 heteroatoms. The number of carbonyl (C=O) groups excluding carboxylic acids is 2. The lowest BCUT2D eigenvalue weighted by Gasteiger charge is -2.08. The zero-order chi connectivity index (χ0) is 12.4. The quantitative estimate of drug-likeness (QED) is 0.469. The molecule has 0 aromatic rings. The van der Waals surface area contributed by atoms with Crippen LogP contribution in [0.5, 0.6) is 0 Å². The van der Waals surface area contributed by atoms with Crippen LogP contribution in [-0.2, 0) is 14.3 Å². The fraction of sp³-hybridized carbons (Fsp3) is 0.818. The van der Waals surface area contributed by atoms with Crippen LogP contribution < -0.4 is 10.6 Å². The van der Waals surface area contributed by atoms with Gasteiger partial charge in [0.05, 0.1) is 7.11 Å². The molecule has 0 unspecified atom stereocenters. The molecule has 0 saturated heterocycles. The minimum Gasteiger partial charge on any atom is -0.469 e. The second-order valence-electron chi connectivity index (χ2n) is 3.90. The summed E-state index contributed by atoms with van der Waals surface area (Å²) < 4.78 is 4.51. The third-order valence-corrected chi connectivity index (χ3v) is 1.94. The van der Waals surface area contributed by atoms with E-state index in [-0.39, 0.29) is 17.9 Å². The van der Waals surface area contributed by atoms with E-state index in [1.54, 1.807) is 0 Å². The van der Waals surface area contributed by atoms with Gasteiger partial charge in [0.1, 0.15) is 0 Å². The first-order valence-electron chi connectivity index (χ1n) is 5.63. The van der Waals surface area contributed by atoms with E-state index in [4.69, 9.17) is 0 Å². The molecule has 16 heavy (non-hydrogen) atoms. The van der Waals surface area contributed by atoms with Gasteiger partial charge in [0.15, 0.2) is 0 Å². The predicted molar refractivity (Wildman–Crippen MR) is 62.0 cm³/mol. The molecule has 0 bridgehead atoms. The molecule has 5 nitrogen and oxygen atoms in total. The summed E-state index contributed by atoms with van der Waals surface area (Å²) in [7, 11) is 1.38. The lowest BCUT2D eigenvalue weighted by atomic mass is 10.3. The maximum absolute atomic E-state index is 11.2. The Bertz CT molecular complexity index is 217. The minimum absolute atomic E-state index is 0.0514. The summed E-state index contributed by atoms with van der Waals surface area (Å²) >= 11 is 0. The zero-order valence-electron chi connectivity index (χ0n) is 10.3. The summed E-state index contributed by atoms with van der Waals surface area (Å²) in [6.45, 7) is 5.23. The molecule has 0 fully saturated rings. The normalized spacial score (nSPS) is 10.2. The monoisotopic (exact) mass is 230 g/mol. The fourth-order valence-electron chi connectivity index (χ4n) is 1.18. The molecule has 2 N–H and O–H groups in total. The summed E-state index contributed by atoms with van der Waals surface area (Å²) in [6, 6.07) is 0.187. The molecule has 0 aliphatic carbocycles. The molecule has 0 atom stereocenters. The van der Waals surface area contributed by atoms with E-state index >= 15 is 0 Å². The Morgan fingerprint density at radius 2 is 1.88 bits per heavy atom. The molecule has 0 rings (SSSR count). The molecule has 1 amide bonds. The van der Waals surface area contributed by atoms with Crippen molar-refractivity contribution in [2.45, 2.75) is 39.2 Å². The number of carbonyl (C=O) groups is 2. The molecule has 94 valence electrons. The van der Waals surface area contributed by atoms with Crippen LogP contribution >= 0.6 is 0 Å². The number of amides is 1. The fourth-order valence-corrected chi connectivity index (χ4v) is 1.18. The van der Waals surface area contributed by atoms with Gasteiger partial charge in [0.25, 0.3) is 0 Å². The standard InChI is InChI=1S/C11H22N2O3/c1-9(2)13-10(14)6-8-12-7-4-5-11(15)16-3/h9,12H,4-8H2,1-3H3,(H,13,14). The van der Waals surface area contributed by atoms with E-state index in [9.17, 15) is 9.59 Å². The highest BCUT2D eigenvalue weighted by Crippen LogP contribution is 1.90. The van der Waals surface area contributed by atoms with Crippen molar-refractivity contribution in [1.29, 1.82) is 0 Å². The van der Waals surface area contributed by atoms with Crippen LogP contribution in [0.1, 0.15) is 33.1 Å². The highest BCUT2D eigenvalue weighted by molar-refractivity contribution is 5.76. The van der Waals surface area contributed by atoms with Gasteiger partial charge < -0.3 is 15.4 Å². The summed E-state index contributed by atoms with van der Waals surface area (Å²) in [6.07, 6.45) is 1.62. The van der Waals surface area contributed by atoms with Crippen molar-refractivity contribution in [3.05, 3.63) is 0 Å². The van der Waals surface area contributed by atoms with Crippen molar-refractivity contribution in [3.8, 4) is 0 Å². The van der Waals surface area contributed by atoms with E-state index < -0.39 is 0 Å². The van der Waals surface area contributed by atoms with Crippen LogP contribution in [0.25, 0.3) is 0 Å². The van der Waals surface area contributed by atoms with Gasteiger partial charge in [-0.25, -0.2) is 0 Å². The van der Waals surface area contributed by atoms with Crippen LogP contribution in [0.15, 0.2) is 0 Å². The molecule has 0 heterocycles. The third kappa shape index (κ3) is 9.45. The summed E-state index contributed by atoms with van der Waals surface area (Å²) in [4.78, 5) is 22.0. The SMILES string of the molecule is COC(=O)CCCNCCC(=O)NC(C)C. The number of hydrogen-bond acceptors (Lipinski definition) is 4. The van der Waals surface area contributed by atoms with Gasteiger partial charge in [0.2, 0.25) is 5.91 Å². The van der Waals surface area contributed by atoms with Crippen LogP contribution in [-0.4, -0.2) is 38.1 Å². The second-order valence-corrected chi connectivity index (χ2v) is 3.90. The molecular weight excluding hydrogens is 208 g/mol. The molecule has 0 aliphatic heterocycles. The van der Waals surface area contributed by atoms with Crippen molar-refractivity contribution in [1.82, 2.24) is 10.6 Å². The number of ether oxygens (including phenoxy) is 1. The van der Waals surface area contributed by atoms with Crippen LogP contribution in [0.4, 0.5) is 0 Å². The van der Waals surface area contributed by atoms with Crippen molar-refractivity contribution in [2.75, 3.05) is 20.2 Å². The highest BCUT2D eigenvalue weighted by Gasteiger charge is 2.02. The Morgan fingerprint density at radius 1 is 1.19 bits per heavy atom. The number of methoxy groups -OCH3 is 1. The van der Waals surface area contributed by atoms with Gasteiger partial charge in [-0.3, -0.25) is 9.59 Å². The van der Waals surface area contributed by atoms with E-state index in [1.807, 2.05) is 13.8 Å². The van der Waals surface area contributed by atoms with Gasteiger partial charge in [-0.1, -0.05) is 0 Å². The second kappa shape index (κ2) is 9.15. The zero-order valence-corrected chi connectivity index (χ0v) is 10.3. The Balaban J connectivity index is 3.27. The number of esters is 1. The first kappa shape index (κ1) is 14.9. The van der Waals surface area contributed by atoms with Crippen LogP contribution in [0, 0.1) is 0 Å². The molecular formula is C11H22N2O3. The van der Waals surface area contributed by atoms with Gasteiger partial charge in [-0.05, 0) is 26.8 Å². The average molecular weight is 230 g/mol. The van der Waals surface area contributed by atoms with E-state index in [0.717, 1.165) is 13.0 Å². The maximum Gasteiger partial charge on any atom is 0.305 e. The maximum atomic E-state index is 11.2. The average Bonchev–Trinajstić information content (AvgIpc) is 2.21. The van der Waals surface area contributed by atoms with Crippen molar-refractivity contribution < 1.29 is 14.3 Å². The molecule has 0 radical (unpaired) electrons. The molecule has 0 aromatic heterocycles. The Kier molecular flexibility index (Phi) is 8.52. The Labute approximate surface area is 96.9 Å². The molecule has 0 saturated carbocycles. The lowest BCUT2D eigenvalue weighted by Crippen LogP contribution is -2.32. The number of nitrogens with one attached hydrogen (secondary N) is 2. The van der Waals surface area contributed by atoms with Crippen molar-refractivity contribution >= 4 is 11.9 Å². The smallest absolute Gasteiger partial charge is 0.305 e. The first-order chi connectivity index (χ1) is 7.56. The summed E-state index contributed by atoms with van der Waals surface area (Å²) in [5.41, 5.74) is 0. The largest absolute Gasteiger partial charge is 0.469 e. The Morgan fingerprint density at radius 3 is 2.44 bits per heavy atom. The predicted octanol–water partition coefficient (Wildman–Crippen LogP) is 0.444. The summed E-state index contributed by atoms with van der Waals surface area (Å²) in [5, 5.41) is 5.91. The Hall–Kier alpha value is -1.10. The lowest BCUT2D eigenvalue weighted by molar-refractivity contribution is -0.140. The van der Waals surface area contributed by atoms with E-state index in [1.165, 1.54) is 7.11 Å². The van der Waals surface area contributed by atoms with Crippen molar-refractivity contribution in [2.24, 2.45) is 0 Å². The van der Waals surface area contributed by atoms with Gasteiger partial charge in [0, 0.05) is 25.4 Å². The van der Waals surface area contributed by atoms with Crippen molar-refractivity contribution in [3.63, 3.8) is 0 Å². The van der Waals surface area contributed by atoms with E-state index in [2.05, 4.69) is 15.4 Å². The first-order valence-corrected chi connectivity index (χ1v) is 5.63. The van der Waals surface area contributed by atoms with Gasteiger partial charge >= 0.3 is 5.97 Å². The highest BCUT2D eigenvalue weighted by atomic mass is 16.5. The molecule has 0 aliphatic rings. The third-order valence-electron chi connectivity index (χ3n) is 1.94. The minimum atomic E-state index is -0.195. The number of hydrogen-bond donors (Lipinski definition) is 2. The molecule has 0 aromatic carbocycles. The van der Waals surface area contributed by atoms with Crippen LogP contribution in [0.2, 0.25) is 0 Å². The van der Waals surface area contributed by atoms with Gasteiger partial charge in [-0.2, -0.15) is 0 Å². The number of rotatable bonds is 8. The van der Waals surface area contributed by atoms with Gasteiger partial charge in [-0.15, -0.1) is 0 Å². The summed E-state index contributed by atoms with van der Waals surface area (Å²) in [5.74, 6) is -0.144. The topological polar surface area (TPSA) is 67.4 Å². The van der Waals surface area contributed by atoms with E-state index in [0.29, 0.717) is 19.4 Å².